The lowest BCUT2D eigenvalue weighted by Crippen LogP contribution is -2.54. The van der Waals surface area contributed by atoms with Crippen LogP contribution in [0.5, 0.6) is 0 Å². The highest BCUT2D eigenvalue weighted by Gasteiger charge is 2.45. The van der Waals surface area contributed by atoms with Crippen molar-refractivity contribution in [1.29, 1.82) is 0 Å². The summed E-state index contributed by atoms with van der Waals surface area (Å²) in [5.41, 5.74) is 3.50. The van der Waals surface area contributed by atoms with Gasteiger partial charge in [-0.05, 0) is 93.8 Å². The normalized spacial score (nSPS) is 18.2. The number of benzene rings is 1. The number of aryl methyl sites for hydroxylation is 1. The van der Waals surface area contributed by atoms with Crippen molar-refractivity contribution >= 4 is 63.5 Å². The maximum Gasteiger partial charge on any atom is 0.262 e. The number of carbonyl (C=O) groups excluding carboxylic acids is 6. The number of nitrogens with zero attached hydrogens (tertiary/aromatic N) is 5. The number of aromatic nitrogens is 3. The second kappa shape index (κ2) is 19.7. The minimum atomic E-state index is -1.00. The van der Waals surface area contributed by atoms with Crippen molar-refractivity contribution in [2.24, 2.45) is 5.92 Å². The average molecular weight is 846 g/mol. The minimum Gasteiger partial charge on any atom is -0.382 e. The Morgan fingerprint density at radius 2 is 1.69 bits per heavy atom. The third-order valence-corrected chi connectivity index (χ3v) is 11.7. The zero-order valence-corrected chi connectivity index (χ0v) is 34.5. The summed E-state index contributed by atoms with van der Waals surface area (Å²) in [6.07, 6.45) is 10.7. The molecule has 1 saturated carbocycles. The monoisotopic (exact) mass is 845 g/mol. The molecule has 1 unspecified atom stereocenters. The average Bonchev–Trinajstić information content (AvgIpc) is 4.05. The van der Waals surface area contributed by atoms with Crippen LogP contribution in [0.15, 0.2) is 61.1 Å². The van der Waals surface area contributed by atoms with E-state index in [1.165, 1.54) is 0 Å². The Labute approximate surface area is 358 Å². The number of ether oxygens (including phenoxy) is 2. The molecule has 3 aromatic heterocycles. The molecule has 4 aliphatic rings. The summed E-state index contributed by atoms with van der Waals surface area (Å²) < 4.78 is 11.3. The van der Waals surface area contributed by atoms with Gasteiger partial charge in [0.25, 0.3) is 11.8 Å². The van der Waals surface area contributed by atoms with Crippen LogP contribution in [0.1, 0.15) is 88.0 Å². The lowest BCUT2D eigenvalue weighted by Gasteiger charge is -2.31. The molecule has 0 bridgehead atoms. The zero-order valence-electron chi connectivity index (χ0n) is 34.5. The molecule has 1 aliphatic carbocycles. The van der Waals surface area contributed by atoms with Gasteiger partial charge in [-0.1, -0.05) is 12.1 Å². The number of ketones is 1. The Morgan fingerprint density at radius 3 is 2.50 bits per heavy atom. The van der Waals surface area contributed by atoms with Crippen molar-refractivity contribution in [3.63, 3.8) is 0 Å². The summed E-state index contributed by atoms with van der Waals surface area (Å²) in [6, 6.07) is 12.1. The smallest absolute Gasteiger partial charge is 0.262 e. The van der Waals surface area contributed by atoms with Crippen molar-refractivity contribution in [3.05, 3.63) is 83.3 Å². The number of hydrogen-bond donors (Lipinski definition) is 4. The molecular weight excluding hydrogens is 795 g/mol. The minimum absolute atomic E-state index is 0.0678. The highest BCUT2D eigenvalue weighted by molar-refractivity contribution is 6.24. The Hall–Kier alpha value is -6.17. The Kier molecular flexibility index (Phi) is 13.5. The summed E-state index contributed by atoms with van der Waals surface area (Å²) in [4.78, 5) is 93.0. The molecule has 4 aromatic rings. The lowest BCUT2D eigenvalue weighted by atomic mass is 9.89. The molecule has 0 spiro atoms. The molecule has 3 aliphatic heterocycles. The second-order valence-corrected chi connectivity index (χ2v) is 16.2. The number of rotatable bonds is 20. The SMILES string of the molecule is O=C(CN1CCC(CC(=O)c2cnc(Nc3ccc4cnccc4n3)cc2NC2CC2)CC1)NCCOCCOCCCc1cccc2c1C(=O)N(C1CCC(=O)NC1=O)C2=O. The van der Waals surface area contributed by atoms with Gasteiger partial charge in [-0.15, -0.1) is 0 Å². The molecule has 5 amide bonds. The van der Waals surface area contributed by atoms with Gasteiger partial charge in [-0.25, -0.2) is 9.97 Å². The van der Waals surface area contributed by atoms with Crippen LogP contribution >= 0.6 is 0 Å². The summed E-state index contributed by atoms with van der Waals surface area (Å²) in [7, 11) is 0. The molecule has 17 nitrogen and oxygen atoms in total. The highest BCUT2D eigenvalue weighted by Crippen LogP contribution is 2.32. The van der Waals surface area contributed by atoms with Gasteiger partial charge >= 0.3 is 0 Å². The molecule has 2 saturated heterocycles. The fraction of sp³-hybridized carbons (Fsp3) is 0.444. The highest BCUT2D eigenvalue weighted by atomic mass is 16.5. The first-order valence-electron chi connectivity index (χ1n) is 21.5. The third-order valence-electron chi connectivity index (χ3n) is 11.7. The number of carbonyl (C=O) groups is 6. The molecule has 62 heavy (non-hydrogen) atoms. The van der Waals surface area contributed by atoms with Crippen LogP contribution < -0.4 is 21.3 Å². The molecule has 1 aromatic carbocycles. The molecule has 6 heterocycles. The van der Waals surface area contributed by atoms with E-state index in [1.54, 1.807) is 36.8 Å². The van der Waals surface area contributed by atoms with Crippen LogP contribution in [0.25, 0.3) is 10.9 Å². The maximum atomic E-state index is 13.6. The first kappa shape index (κ1) is 42.5. The molecule has 8 rings (SSSR count). The zero-order chi connectivity index (χ0) is 43.0. The summed E-state index contributed by atoms with van der Waals surface area (Å²) >= 11 is 0. The van der Waals surface area contributed by atoms with Crippen molar-refractivity contribution in [2.45, 2.75) is 69.9 Å². The standard InChI is InChI=1S/C45H51N9O8/c55-37(33-26-48-39(24-35(33)49-31-7-8-31)51-38-10-6-30-25-46-15-12-34(30)50-38)23-28-13-17-53(18-14-28)27-41(57)47-16-20-62-22-21-61-19-2-4-29-3-1-5-32-42(29)45(60)54(44(32)59)36-9-11-40(56)52-43(36)58/h1,3,5-6,10,12,15,24-26,28,31,36H,2,4,7-9,11,13-14,16-23,27H2,(H,47,57)(H,52,56,58)(H2,48,49,50,51). The summed E-state index contributed by atoms with van der Waals surface area (Å²) in [5.74, 6) is -0.585. The summed E-state index contributed by atoms with van der Waals surface area (Å²) in [5, 5.41) is 12.9. The number of imide groups is 2. The number of nitrogens with one attached hydrogen (secondary N) is 4. The van der Waals surface area contributed by atoms with Gasteiger partial charge in [0.05, 0.1) is 54.3 Å². The maximum absolute atomic E-state index is 13.6. The quantitative estimate of drug-likeness (QED) is 0.0566. The van der Waals surface area contributed by atoms with Crippen LogP contribution in [0, 0.1) is 5.92 Å². The number of hydrogen-bond acceptors (Lipinski definition) is 14. The van der Waals surface area contributed by atoms with Gasteiger partial charge in [-0.3, -0.25) is 48.9 Å². The lowest BCUT2D eigenvalue weighted by molar-refractivity contribution is -0.136. The van der Waals surface area contributed by atoms with E-state index in [1.807, 2.05) is 24.3 Å². The number of piperidine rings is 2. The van der Waals surface area contributed by atoms with Gasteiger partial charge in [0.2, 0.25) is 17.7 Å². The Morgan fingerprint density at radius 1 is 0.871 bits per heavy atom. The van der Waals surface area contributed by atoms with Crippen molar-refractivity contribution < 1.29 is 38.2 Å². The fourth-order valence-electron chi connectivity index (χ4n) is 8.20. The van der Waals surface area contributed by atoms with E-state index in [-0.39, 0.29) is 36.0 Å². The molecular formula is C45H51N9O8. The molecule has 324 valence electrons. The number of likely N-dealkylation sites (tertiary alicyclic amines) is 1. The van der Waals surface area contributed by atoms with E-state index < -0.39 is 29.7 Å². The van der Waals surface area contributed by atoms with Gasteiger partial charge in [0.15, 0.2) is 5.78 Å². The van der Waals surface area contributed by atoms with E-state index in [0.717, 1.165) is 60.3 Å². The van der Waals surface area contributed by atoms with E-state index in [2.05, 4.69) is 41.1 Å². The predicted molar refractivity (Wildman–Crippen MR) is 228 cm³/mol. The first-order chi connectivity index (χ1) is 30.2. The van der Waals surface area contributed by atoms with E-state index in [0.29, 0.717) is 93.1 Å². The first-order valence-corrected chi connectivity index (χ1v) is 21.5. The van der Waals surface area contributed by atoms with E-state index in [4.69, 9.17) is 9.47 Å². The van der Waals surface area contributed by atoms with Crippen LogP contribution in [-0.4, -0.2) is 125 Å². The van der Waals surface area contributed by atoms with E-state index >= 15 is 0 Å². The number of pyridine rings is 3. The van der Waals surface area contributed by atoms with Crippen LogP contribution in [0.3, 0.4) is 0 Å². The van der Waals surface area contributed by atoms with E-state index in [9.17, 15) is 28.8 Å². The Bertz CT molecular complexity index is 2350. The molecule has 17 heteroatoms. The second-order valence-electron chi connectivity index (χ2n) is 16.2. The van der Waals surface area contributed by atoms with Crippen LogP contribution in [-0.2, 0) is 30.3 Å². The van der Waals surface area contributed by atoms with Gasteiger partial charge < -0.3 is 25.4 Å². The summed E-state index contributed by atoms with van der Waals surface area (Å²) in [6.45, 7) is 3.62. The molecule has 0 radical (unpaired) electrons. The number of anilines is 3. The van der Waals surface area contributed by atoms with Gasteiger partial charge in [-0.2, -0.15) is 0 Å². The van der Waals surface area contributed by atoms with Crippen molar-refractivity contribution in [3.8, 4) is 0 Å². The molecule has 1 atom stereocenters. The van der Waals surface area contributed by atoms with Gasteiger partial charge in [0.1, 0.15) is 17.7 Å². The largest absolute Gasteiger partial charge is 0.382 e. The van der Waals surface area contributed by atoms with Crippen molar-refractivity contribution in [1.82, 2.24) is 35.4 Å². The Balaban J connectivity index is 0.687. The number of Topliss-reactive ketones (excluding diaryl/α,β-unsaturated/α-hetero) is 1. The molecule has 3 fully saturated rings. The van der Waals surface area contributed by atoms with Gasteiger partial charge in [0, 0.05) is 62.1 Å². The number of fused-ring (bicyclic) bond motifs is 2. The van der Waals surface area contributed by atoms with Crippen molar-refractivity contribution in [2.75, 3.05) is 63.2 Å². The van der Waals surface area contributed by atoms with Crippen LogP contribution in [0.2, 0.25) is 0 Å². The molecule has 4 N–H and O–H groups in total. The number of amides is 5. The predicted octanol–water partition coefficient (Wildman–Crippen LogP) is 3.81. The topological polar surface area (TPSA) is 214 Å². The third kappa shape index (κ3) is 10.5. The fourth-order valence-corrected chi connectivity index (χ4v) is 8.20. The van der Waals surface area contributed by atoms with Crippen LogP contribution in [0.4, 0.5) is 17.3 Å².